The number of rotatable bonds is 6. The molecule has 33 heavy (non-hydrogen) atoms. The van der Waals surface area contributed by atoms with Crippen molar-refractivity contribution >= 4 is 17.4 Å². The summed E-state index contributed by atoms with van der Waals surface area (Å²) in [4.78, 5) is 27.8. The predicted molar refractivity (Wildman–Crippen MR) is 128 cm³/mol. The molecule has 1 heterocycles. The van der Waals surface area contributed by atoms with E-state index in [9.17, 15) is 14.7 Å². The highest BCUT2D eigenvalue weighted by Gasteiger charge is 2.46. The van der Waals surface area contributed by atoms with Crippen molar-refractivity contribution < 1.29 is 19.4 Å². The Hall–Kier alpha value is -3.86. The van der Waals surface area contributed by atoms with Crippen molar-refractivity contribution in [2.75, 3.05) is 7.11 Å². The van der Waals surface area contributed by atoms with E-state index in [-0.39, 0.29) is 17.9 Å². The molecule has 5 nitrogen and oxygen atoms in total. The van der Waals surface area contributed by atoms with Gasteiger partial charge in [0.15, 0.2) is 0 Å². The molecule has 1 aliphatic rings. The highest BCUT2D eigenvalue weighted by molar-refractivity contribution is 6.46. The minimum atomic E-state index is -0.687. The van der Waals surface area contributed by atoms with E-state index in [0.717, 1.165) is 16.7 Å². The number of carbonyl (C=O) groups excluding carboxylic acids is 2. The molecular weight excluding hydrogens is 414 g/mol. The molecule has 1 unspecified atom stereocenters. The zero-order valence-corrected chi connectivity index (χ0v) is 19.0. The van der Waals surface area contributed by atoms with Crippen molar-refractivity contribution in [1.29, 1.82) is 0 Å². The van der Waals surface area contributed by atoms with Gasteiger partial charge >= 0.3 is 0 Å². The molecule has 1 amide bonds. The Kier molecular flexibility index (Phi) is 6.31. The van der Waals surface area contributed by atoms with Crippen LogP contribution in [-0.4, -0.2) is 28.8 Å². The molecule has 0 aliphatic carbocycles. The lowest BCUT2D eigenvalue weighted by Gasteiger charge is -2.26. The van der Waals surface area contributed by atoms with Crippen molar-refractivity contribution in [2.24, 2.45) is 0 Å². The summed E-state index contributed by atoms with van der Waals surface area (Å²) in [7, 11) is 1.56. The zero-order valence-electron chi connectivity index (χ0n) is 19.0. The Balaban J connectivity index is 1.83. The Morgan fingerprint density at radius 2 is 1.58 bits per heavy atom. The number of nitrogens with zero attached hydrogens (tertiary/aromatic N) is 1. The van der Waals surface area contributed by atoms with Gasteiger partial charge in [-0.15, -0.1) is 0 Å². The Labute approximate surface area is 193 Å². The predicted octanol–water partition coefficient (Wildman–Crippen LogP) is 5.44. The number of amides is 1. The van der Waals surface area contributed by atoms with E-state index in [4.69, 9.17) is 4.74 Å². The van der Waals surface area contributed by atoms with Crippen molar-refractivity contribution in [1.82, 2.24) is 4.90 Å². The molecule has 0 aromatic heterocycles. The van der Waals surface area contributed by atoms with E-state index < -0.39 is 17.7 Å². The molecule has 1 saturated heterocycles. The molecule has 5 heteroatoms. The maximum absolute atomic E-state index is 13.2. The lowest BCUT2D eigenvalue weighted by molar-refractivity contribution is -0.140. The number of aliphatic hydroxyl groups excluding tert-OH is 1. The quantitative estimate of drug-likeness (QED) is 0.314. The summed E-state index contributed by atoms with van der Waals surface area (Å²) in [5.74, 6) is -0.500. The number of hydrogen-bond acceptors (Lipinski definition) is 4. The van der Waals surface area contributed by atoms with Crippen LogP contribution in [0.15, 0.2) is 84.4 Å². The van der Waals surface area contributed by atoms with Gasteiger partial charge in [-0.3, -0.25) is 9.59 Å². The highest BCUT2D eigenvalue weighted by Crippen LogP contribution is 2.40. The third-order valence-electron chi connectivity index (χ3n) is 6.02. The first kappa shape index (κ1) is 22.3. The van der Waals surface area contributed by atoms with Crippen LogP contribution in [0.3, 0.4) is 0 Å². The molecule has 1 atom stereocenters. The van der Waals surface area contributed by atoms with Crippen LogP contribution >= 0.6 is 0 Å². The number of ketones is 1. The third-order valence-corrected chi connectivity index (χ3v) is 6.02. The van der Waals surface area contributed by atoms with Crippen LogP contribution in [0, 0.1) is 0 Å². The first-order valence-corrected chi connectivity index (χ1v) is 11.0. The summed E-state index contributed by atoms with van der Waals surface area (Å²) in [6.45, 7) is 4.49. The molecule has 3 aromatic carbocycles. The lowest BCUT2D eigenvalue weighted by atomic mass is 9.93. The number of benzene rings is 3. The fourth-order valence-electron chi connectivity index (χ4n) is 4.14. The van der Waals surface area contributed by atoms with Gasteiger partial charge in [0, 0.05) is 12.1 Å². The van der Waals surface area contributed by atoms with Crippen molar-refractivity contribution in [2.45, 2.75) is 32.4 Å². The molecule has 0 bridgehead atoms. The number of ether oxygens (including phenoxy) is 1. The monoisotopic (exact) mass is 441 g/mol. The van der Waals surface area contributed by atoms with Crippen LogP contribution < -0.4 is 4.74 Å². The zero-order chi connectivity index (χ0) is 23.5. The van der Waals surface area contributed by atoms with E-state index in [2.05, 4.69) is 13.8 Å². The van der Waals surface area contributed by atoms with Crippen LogP contribution in [0.5, 0.6) is 5.75 Å². The summed E-state index contributed by atoms with van der Waals surface area (Å²) >= 11 is 0. The van der Waals surface area contributed by atoms with E-state index >= 15 is 0 Å². The van der Waals surface area contributed by atoms with Crippen molar-refractivity contribution in [3.63, 3.8) is 0 Å². The first-order chi connectivity index (χ1) is 15.9. The van der Waals surface area contributed by atoms with Gasteiger partial charge in [0.2, 0.25) is 0 Å². The Bertz CT molecular complexity index is 1180. The summed E-state index contributed by atoms with van der Waals surface area (Å²) in [5, 5.41) is 11.2. The fourth-order valence-corrected chi connectivity index (χ4v) is 4.14. The fraction of sp³-hybridized carbons (Fsp3) is 0.214. The van der Waals surface area contributed by atoms with Gasteiger partial charge in [-0.05, 0) is 46.9 Å². The largest absolute Gasteiger partial charge is 0.507 e. The number of carbonyl (C=O) groups is 2. The first-order valence-electron chi connectivity index (χ1n) is 11.0. The lowest BCUT2D eigenvalue weighted by Crippen LogP contribution is -2.29. The highest BCUT2D eigenvalue weighted by atomic mass is 16.5. The van der Waals surface area contributed by atoms with Crippen molar-refractivity contribution in [3.8, 4) is 5.75 Å². The molecule has 1 N–H and O–H groups in total. The summed E-state index contributed by atoms with van der Waals surface area (Å²) in [6, 6.07) is 23.5. The van der Waals surface area contributed by atoms with Crippen LogP contribution in [0.2, 0.25) is 0 Å². The van der Waals surface area contributed by atoms with Gasteiger partial charge in [0.05, 0.1) is 18.7 Å². The molecule has 1 aliphatic heterocycles. The van der Waals surface area contributed by atoms with Gasteiger partial charge in [0.1, 0.15) is 11.5 Å². The second-order valence-corrected chi connectivity index (χ2v) is 8.46. The van der Waals surface area contributed by atoms with Gasteiger partial charge in [-0.1, -0.05) is 68.4 Å². The molecule has 0 radical (unpaired) electrons. The van der Waals surface area contributed by atoms with E-state index in [0.29, 0.717) is 17.2 Å². The maximum atomic E-state index is 13.2. The third kappa shape index (κ3) is 4.40. The number of methoxy groups -OCH3 is 1. The minimum absolute atomic E-state index is 0.0957. The normalized spacial score (nSPS) is 17.6. The summed E-state index contributed by atoms with van der Waals surface area (Å²) in [6.07, 6.45) is 0. The second-order valence-electron chi connectivity index (χ2n) is 8.46. The molecule has 4 rings (SSSR count). The van der Waals surface area contributed by atoms with Crippen LogP contribution in [0.1, 0.15) is 48.1 Å². The summed E-state index contributed by atoms with van der Waals surface area (Å²) in [5.41, 5.74) is 3.40. The van der Waals surface area contributed by atoms with Gasteiger partial charge < -0.3 is 14.7 Å². The van der Waals surface area contributed by atoms with Crippen LogP contribution in [0.4, 0.5) is 0 Å². The average Bonchev–Trinajstić information content (AvgIpc) is 3.09. The molecule has 3 aromatic rings. The summed E-state index contributed by atoms with van der Waals surface area (Å²) < 4.78 is 5.19. The van der Waals surface area contributed by atoms with E-state index in [1.54, 1.807) is 31.4 Å². The number of Topliss-reactive ketones (excluding diaryl/α,β-unsaturated/α-hetero) is 1. The number of aliphatic hydroxyl groups is 1. The maximum Gasteiger partial charge on any atom is 0.295 e. The average molecular weight is 442 g/mol. The molecule has 168 valence electrons. The molecule has 0 saturated carbocycles. The standard InChI is InChI=1S/C28H27NO4/c1-18(2)20-9-11-21(12-10-20)25-24(26(30)22-13-15-23(33-3)16-14-22)27(31)28(32)29(25)17-19-7-5-4-6-8-19/h4-16,18,25,30H,17H2,1-3H3/b26-24+. The second kappa shape index (κ2) is 9.33. The van der Waals surface area contributed by atoms with Gasteiger partial charge in [-0.25, -0.2) is 0 Å². The number of hydrogen-bond donors (Lipinski definition) is 1. The van der Waals surface area contributed by atoms with E-state index in [1.807, 2.05) is 54.6 Å². The van der Waals surface area contributed by atoms with Crippen LogP contribution in [-0.2, 0) is 16.1 Å². The SMILES string of the molecule is COc1ccc(/C(O)=C2\C(=O)C(=O)N(Cc3ccccc3)C2c2ccc(C(C)C)cc2)cc1. The molecule has 1 fully saturated rings. The van der Waals surface area contributed by atoms with E-state index in [1.165, 1.54) is 4.90 Å². The van der Waals surface area contributed by atoms with Crippen LogP contribution in [0.25, 0.3) is 5.76 Å². The number of likely N-dealkylation sites (tertiary alicyclic amines) is 1. The Morgan fingerprint density at radius 1 is 0.939 bits per heavy atom. The smallest absolute Gasteiger partial charge is 0.295 e. The minimum Gasteiger partial charge on any atom is -0.507 e. The van der Waals surface area contributed by atoms with Gasteiger partial charge in [0.25, 0.3) is 11.7 Å². The van der Waals surface area contributed by atoms with Crippen molar-refractivity contribution in [3.05, 3.63) is 107 Å². The molecular formula is C28H27NO4. The topological polar surface area (TPSA) is 66.8 Å². The Morgan fingerprint density at radius 3 is 2.15 bits per heavy atom. The molecule has 0 spiro atoms. The van der Waals surface area contributed by atoms with Gasteiger partial charge in [-0.2, -0.15) is 0 Å².